The number of fused-ring (bicyclic) bond motifs is 1. The van der Waals surface area contributed by atoms with Crippen molar-refractivity contribution in [2.24, 2.45) is 0 Å². The molecule has 26 heavy (non-hydrogen) atoms. The van der Waals surface area contributed by atoms with Crippen LogP contribution in [0.1, 0.15) is 17.0 Å². The largest absolute Gasteiger partial charge is 0.383 e. The standard InChI is InChI=1S/C19H18N6S/c1-12-7-8-13(2)16(9-12)25-11-21-24-19(25)26-10-17-22-15-6-4-3-5-14(15)18(20)23-17/h3-9,11H,10H2,1-2H3,(H2,20,22,23). The smallest absolute Gasteiger partial charge is 0.196 e. The van der Waals surface area contributed by atoms with E-state index >= 15 is 0 Å². The van der Waals surface area contributed by atoms with E-state index in [0.717, 1.165) is 21.7 Å². The second-order valence-corrected chi connectivity index (χ2v) is 7.05. The third-order valence-corrected chi connectivity index (χ3v) is 5.09. The molecule has 0 fully saturated rings. The summed E-state index contributed by atoms with van der Waals surface area (Å²) >= 11 is 1.54. The van der Waals surface area contributed by atoms with Crippen LogP contribution in [0.3, 0.4) is 0 Å². The molecule has 0 unspecified atom stereocenters. The number of thioether (sulfide) groups is 1. The van der Waals surface area contributed by atoms with Gasteiger partial charge in [-0.25, -0.2) is 9.97 Å². The quantitative estimate of drug-likeness (QED) is 0.557. The van der Waals surface area contributed by atoms with Gasteiger partial charge in [-0.05, 0) is 43.2 Å². The molecule has 4 rings (SSSR count). The van der Waals surface area contributed by atoms with Gasteiger partial charge in [0.15, 0.2) is 5.16 Å². The lowest BCUT2D eigenvalue weighted by molar-refractivity contribution is 0.875. The molecule has 0 saturated heterocycles. The zero-order chi connectivity index (χ0) is 18.1. The van der Waals surface area contributed by atoms with Gasteiger partial charge in [0.05, 0.1) is 17.0 Å². The molecule has 0 amide bonds. The summed E-state index contributed by atoms with van der Waals surface area (Å²) in [7, 11) is 0. The van der Waals surface area contributed by atoms with E-state index in [1.54, 1.807) is 18.1 Å². The predicted octanol–water partition coefficient (Wildman–Crippen LogP) is 3.70. The van der Waals surface area contributed by atoms with Crippen LogP contribution in [0, 0.1) is 13.8 Å². The summed E-state index contributed by atoms with van der Waals surface area (Å²) in [5.74, 6) is 1.75. The van der Waals surface area contributed by atoms with E-state index in [-0.39, 0.29) is 0 Å². The molecular weight excluding hydrogens is 344 g/mol. The molecule has 2 aromatic heterocycles. The van der Waals surface area contributed by atoms with Crippen LogP contribution in [0.4, 0.5) is 5.82 Å². The lowest BCUT2D eigenvalue weighted by atomic mass is 10.1. The normalized spacial score (nSPS) is 11.2. The number of nitrogen functional groups attached to an aromatic ring is 1. The first-order valence-electron chi connectivity index (χ1n) is 8.23. The SMILES string of the molecule is Cc1ccc(C)c(-n2cnnc2SCc2nc(N)c3ccccc3n2)c1. The Labute approximate surface area is 155 Å². The first kappa shape index (κ1) is 16.5. The molecule has 0 bridgehead atoms. The molecule has 0 aliphatic heterocycles. The van der Waals surface area contributed by atoms with E-state index in [1.807, 2.05) is 28.8 Å². The van der Waals surface area contributed by atoms with E-state index in [4.69, 9.17) is 5.73 Å². The van der Waals surface area contributed by atoms with Crippen LogP contribution < -0.4 is 5.73 Å². The van der Waals surface area contributed by atoms with E-state index < -0.39 is 0 Å². The predicted molar refractivity (Wildman–Crippen MR) is 104 cm³/mol. The molecular formula is C19H18N6S. The minimum atomic E-state index is 0.502. The van der Waals surface area contributed by atoms with Crippen LogP contribution in [0.2, 0.25) is 0 Å². The Morgan fingerprint density at radius 2 is 1.92 bits per heavy atom. The van der Waals surface area contributed by atoms with Gasteiger partial charge in [0.25, 0.3) is 0 Å². The van der Waals surface area contributed by atoms with Crippen molar-refractivity contribution in [1.82, 2.24) is 24.7 Å². The zero-order valence-corrected chi connectivity index (χ0v) is 15.4. The highest BCUT2D eigenvalue weighted by Crippen LogP contribution is 2.26. The number of nitrogens with zero attached hydrogens (tertiary/aromatic N) is 5. The van der Waals surface area contributed by atoms with Gasteiger partial charge in [0.1, 0.15) is 18.0 Å². The van der Waals surface area contributed by atoms with Crippen molar-refractivity contribution in [1.29, 1.82) is 0 Å². The summed E-state index contributed by atoms with van der Waals surface area (Å²) in [6.07, 6.45) is 1.74. The molecule has 2 heterocycles. The van der Waals surface area contributed by atoms with Gasteiger partial charge < -0.3 is 5.73 Å². The Hall–Kier alpha value is -2.93. The molecule has 130 valence electrons. The monoisotopic (exact) mass is 362 g/mol. The summed E-state index contributed by atoms with van der Waals surface area (Å²) in [6, 6.07) is 14.1. The van der Waals surface area contributed by atoms with Gasteiger partial charge in [-0.1, -0.05) is 36.0 Å². The molecule has 0 saturated carbocycles. The molecule has 4 aromatic rings. The number of nitrogens with two attached hydrogens (primary N) is 1. The van der Waals surface area contributed by atoms with Crippen LogP contribution in [0.25, 0.3) is 16.6 Å². The van der Waals surface area contributed by atoms with Crippen molar-refractivity contribution in [3.63, 3.8) is 0 Å². The summed E-state index contributed by atoms with van der Waals surface area (Å²) in [6.45, 7) is 4.15. The minimum Gasteiger partial charge on any atom is -0.383 e. The van der Waals surface area contributed by atoms with E-state index in [9.17, 15) is 0 Å². The Kier molecular flexibility index (Phi) is 4.30. The average Bonchev–Trinajstić information content (AvgIpc) is 3.10. The third kappa shape index (κ3) is 3.13. The molecule has 0 radical (unpaired) electrons. The number of anilines is 1. The van der Waals surface area contributed by atoms with Gasteiger partial charge in [-0.2, -0.15) is 0 Å². The summed E-state index contributed by atoms with van der Waals surface area (Å²) in [5, 5.41) is 10.0. The van der Waals surface area contributed by atoms with Gasteiger partial charge in [-0.15, -0.1) is 10.2 Å². The number of aromatic nitrogens is 5. The van der Waals surface area contributed by atoms with Gasteiger partial charge in [0.2, 0.25) is 0 Å². The minimum absolute atomic E-state index is 0.502. The first-order valence-corrected chi connectivity index (χ1v) is 9.22. The fourth-order valence-electron chi connectivity index (χ4n) is 2.81. The summed E-state index contributed by atoms with van der Waals surface area (Å²) in [5.41, 5.74) is 10.4. The third-order valence-electron chi connectivity index (χ3n) is 4.15. The molecule has 0 aliphatic rings. The molecule has 7 heteroatoms. The van der Waals surface area contributed by atoms with Crippen molar-refractivity contribution in [2.75, 3.05) is 5.73 Å². The molecule has 0 atom stereocenters. The number of para-hydroxylation sites is 1. The van der Waals surface area contributed by atoms with E-state index in [0.29, 0.717) is 17.4 Å². The zero-order valence-electron chi connectivity index (χ0n) is 14.5. The number of benzene rings is 2. The average molecular weight is 362 g/mol. The fourth-order valence-corrected chi connectivity index (χ4v) is 3.59. The molecule has 0 aliphatic carbocycles. The number of hydrogen-bond acceptors (Lipinski definition) is 6. The van der Waals surface area contributed by atoms with E-state index in [1.165, 1.54) is 11.1 Å². The Morgan fingerprint density at radius 1 is 1.08 bits per heavy atom. The summed E-state index contributed by atoms with van der Waals surface area (Å²) in [4.78, 5) is 9.02. The van der Waals surface area contributed by atoms with Crippen molar-refractivity contribution in [2.45, 2.75) is 24.8 Å². The maximum absolute atomic E-state index is 6.07. The van der Waals surface area contributed by atoms with Crippen molar-refractivity contribution in [3.8, 4) is 5.69 Å². The fraction of sp³-hybridized carbons (Fsp3) is 0.158. The Bertz CT molecular complexity index is 1090. The van der Waals surface area contributed by atoms with Crippen molar-refractivity contribution < 1.29 is 0 Å². The summed E-state index contributed by atoms with van der Waals surface area (Å²) < 4.78 is 2.00. The number of aryl methyl sites for hydroxylation is 2. The number of hydrogen-bond donors (Lipinski definition) is 1. The van der Waals surface area contributed by atoms with Gasteiger partial charge in [-0.3, -0.25) is 4.57 Å². The lowest BCUT2D eigenvalue weighted by Crippen LogP contribution is -2.02. The van der Waals surface area contributed by atoms with Crippen LogP contribution in [0.5, 0.6) is 0 Å². The van der Waals surface area contributed by atoms with Crippen LogP contribution in [-0.4, -0.2) is 24.7 Å². The second kappa shape index (κ2) is 6.76. The first-order chi connectivity index (χ1) is 12.6. The Morgan fingerprint density at radius 3 is 2.81 bits per heavy atom. The van der Waals surface area contributed by atoms with Crippen LogP contribution in [-0.2, 0) is 5.75 Å². The second-order valence-electron chi connectivity index (χ2n) is 6.10. The molecule has 2 aromatic carbocycles. The van der Waals surface area contributed by atoms with Crippen LogP contribution in [0.15, 0.2) is 53.9 Å². The van der Waals surface area contributed by atoms with Crippen molar-refractivity contribution >= 4 is 28.5 Å². The van der Waals surface area contributed by atoms with Gasteiger partial charge in [0, 0.05) is 5.39 Å². The maximum atomic E-state index is 6.07. The topological polar surface area (TPSA) is 82.5 Å². The highest BCUT2D eigenvalue weighted by atomic mass is 32.2. The number of rotatable bonds is 4. The van der Waals surface area contributed by atoms with Crippen molar-refractivity contribution in [3.05, 3.63) is 65.7 Å². The highest BCUT2D eigenvalue weighted by molar-refractivity contribution is 7.98. The highest BCUT2D eigenvalue weighted by Gasteiger charge is 2.12. The van der Waals surface area contributed by atoms with Gasteiger partial charge >= 0.3 is 0 Å². The molecule has 0 spiro atoms. The lowest BCUT2D eigenvalue weighted by Gasteiger charge is -2.10. The Balaban J connectivity index is 1.62. The van der Waals surface area contributed by atoms with Crippen LogP contribution >= 0.6 is 11.8 Å². The van der Waals surface area contributed by atoms with E-state index in [2.05, 4.69) is 52.2 Å². The maximum Gasteiger partial charge on any atom is 0.196 e. The molecule has 6 nitrogen and oxygen atoms in total. The molecule has 2 N–H and O–H groups in total.